The summed E-state index contributed by atoms with van der Waals surface area (Å²) < 4.78 is 18.9. The second kappa shape index (κ2) is 6.03. The third-order valence-electron chi connectivity index (χ3n) is 3.99. The first-order chi connectivity index (χ1) is 10.9. The van der Waals surface area contributed by atoms with Crippen LogP contribution in [0.25, 0.3) is 0 Å². The Hall–Kier alpha value is -2.36. The minimum atomic E-state index is -0.331. The van der Waals surface area contributed by atoms with E-state index in [2.05, 4.69) is 5.32 Å². The van der Waals surface area contributed by atoms with Crippen LogP contribution in [0.5, 0.6) is 5.75 Å². The Morgan fingerprint density at radius 2 is 1.91 bits per heavy atom. The highest BCUT2D eigenvalue weighted by molar-refractivity contribution is 5.79. The normalized spacial score (nSPS) is 18.7. The van der Waals surface area contributed by atoms with Gasteiger partial charge in [-0.3, -0.25) is 4.79 Å². The van der Waals surface area contributed by atoms with Gasteiger partial charge in [0.1, 0.15) is 17.2 Å². The van der Waals surface area contributed by atoms with Crippen molar-refractivity contribution in [1.29, 1.82) is 0 Å². The molecule has 2 aromatic rings. The zero-order valence-corrected chi connectivity index (χ0v) is 13.3. The number of fused-ring (bicyclic) bond motifs is 1. The molecule has 4 heteroatoms. The number of para-hydroxylation sites is 1. The quantitative estimate of drug-likeness (QED) is 0.936. The number of hydrogen-bond acceptors (Lipinski definition) is 2. The smallest absolute Gasteiger partial charge is 0.224 e. The fraction of sp³-hybridized carbons (Fsp3) is 0.316. The molecule has 3 rings (SSSR count). The molecule has 0 saturated carbocycles. The van der Waals surface area contributed by atoms with E-state index in [0.29, 0.717) is 6.42 Å². The lowest BCUT2D eigenvalue weighted by molar-refractivity contribution is -0.121. The Kier molecular flexibility index (Phi) is 4.07. The summed E-state index contributed by atoms with van der Waals surface area (Å²) in [6, 6.07) is 13.7. The number of halogens is 1. The van der Waals surface area contributed by atoms with Crippen molar-refractivity contribution in [3.8, 4) is 5.75 Å². The number of ether oxygens (including phenoxy) is 1. The Morgan fingerprint density at radius 1 is 1.22 bits per heavy atom. The van der Waals surface area contributed by atoms with E-state index < -0.39 is 0 Å². The Balaban J connectivity index is 1.74. The molecule has 1 N–H and O–H groups in total. The van der Waals surface area contributed by atoms with Gasteiger partial charge in [0.2, 0.25) is 5.91 Å². The first-order valence-corrected chi connectivity index (χ1v) is 7.75. The van der Waals surface area contributed by atoms with Crippen molar-refractivity contribution in [3.05, 3.63) is 65.5 Å². The molecule has 0 saturated heterocycles. The summed E-state index contributed by atoms with van der Waals surface area (Å²) >= 11 is 0. The molecule has 3 nitrogen and oxygen atoms in total. The molecule has 0 radical (unpaired) electrons. The SMILES string of the molecule is CC1(C)CC(NC(=O)Cc2ccc(F)cc2)c2ccccc2O1. The van der Waals surface area contributed by atoms with Crippen LogP contribution in [0.1, 0.15) is 37.4 Å². The molecule has 120 valence electrons. The van der Waals surface area contributed by atoms with Gasteiger partial charge >= 0.3 is 0 Å². The molecule has 1 heterocycles. The zero-order valence-electron chi connectivity index (χ0n) is 13.3. The van der Waals surface area contributed by atoms with Crippen LogP contribution in [0.3, 0.4) is 0 Å². The minimum Gasteiger partial charge on any atom is -0.487 e. The molecule has 0 fully saturated rings. The van der Waals surface area contributed by atoms with Gasteiger partial charge in [-0.15, -0.1) is 0 Å². The largest absolute Gasteiger partial charge is 0.487 e. The van der Waals surface area contributed by atoms with Crippen LogP contribution in [0.15, 0.2) is 48.5 Å². The third-order valence-corrected chi connectivity index (χ3v) is 3.99. The van der Waals surface area contributed by atoms with Crippen molar-refractivity contribution >= 4 is 5.91 Å². The number of carbonyl (C=O) groups is 1. The molecule has 0 aliphatic carbocycles. The van der Waals surface area contributed by atoms with Gasteiger partial charge in [-0.2, -0.15) is 0 Å². The van der Waals surface area contributed by atoms with E-state index in [0.717, 1.165) is 16.9 Å². The molecule has 1 aliphatic heterocycles. The molecule has 0 spiro atoms. The number of nitrogens with one attached hydrogen (secondary N) is 1. The second-order valence-electron chi connectivity index (χ2n) is 6.53. The van der Waals surface area contributed by atoms with Gasteiger partial charge in [0.25, 0.3) is 0 Å². The summed E-state index contributed by atoms with van der Waals surface area (Å²) in [5.74, 6) is 0.444. The van der Waals surface area contributed by atoms with Crippen LogP contribution in [-0.4, -0.2) is 11.5 Å². The van der Waals surface area contributed by atoms with Crippen LogP contribution in [0.2, 0.25) is 0 Å². The van der Waals surface area contributed by atoms with Crippen LogP contribution >= 0.6 is 0 Å². The van der Waals surface area contributed by atoms with Crippen molar-refractivity contribution < 1.29 is 13.9 Å². The van der Waals surface area contributed by atoms with Gasteiger partial charge in [0.05, 0.1) is 12.5 Å². The Morgan fingerprint density at radius 3 is 2.65 bits per heavy atom. The summed E-state index contributed by atoms with van der Waals surface area (Å²) in [5.41, 5.74) is 1.46. The molecule has 1 atom stereocenters. The second-order valence-corrected chi connectivity index (χ2v) is 6.53. The standard InChI is InChI=1S/C19H20FNO2/c1-19(2)12-16(15-5-3-4-6-17(15)23-19)21-18(22)11-13-7-9-14(20)10-8-13/h3-10,16H,11-12H2,1-2H3,(H,21,22). The molecule has 2 aromatic carbocycles. The number of hydrogen-bond donors (Lipinski definition) is 1. The van der Waals surface area contributed by atoms with Crippen LogP contribution < -0.4 is 10.1 Å². The topological polar surface area (TPSA) is 38.3 Å². The molecule has 0 bridgehead atoms. The Labute approximate surface area is 135 Å². The van der Waals surface area contributed by atoms with Crippen molar-refractivity contribution in [3.63, 3.8) is 0 Å². The first-order valence-electron chi connectivity index (χ1n) is 7.75. The maximum Gasteiger partial charge on any atom is 0.224 e. The zero-order chi connectivity index (χ0) is 16.4. The number of rotatable bonds is 3. The highest BCUT2D eigenvalue weighted by atomic mass is 19.1. The van der Waals surface area contributed by atoms with E-state index in [-0.39, 0.29) is 29.8 Å². The molecular weight excluding hydrogens is 293 g/mol. The Bertz CT molecular complexity index is 710. The van der Waals surface area contributed by atoms with E-state index in [1.807, 2.05) is 38.1 Å². The average Bonchev–Trinajstić information content (AvgIpc) is 2.48. The summed E-state index contributed by atoms with van der Waals surface area (Å²) in [6.07, 6.45) is 0.944. The molecule has 1 unspecified atom stereocenters. The monoisotopic (exact) mass is 313 g/mol. The third kappa shape index (κ3) is 3.70. The van der Waals surface area contributed by atoms with E-state index in [9.17, 15) is 9.18 Å². The lowest BCUT2D eigenvalue weighted by Gasteiger charge is -2.37. The highest BCUT2D eigenvalue weighted by Gasteiger charge is 2.34. The van der Waals surface area contributed by atoms with E-state index in [4.69, 9.17) is 4.74 Å². The van der Waals surface area contributed by atoms with E-state index in [1.165, 1.54) is 12.1 Å². The fourth-order valence-corrected chi connectivity index (χ4v) is 2.96. The van der Waals surface area contributed by atoms with Crippen molar-refractivity contribution in [2.24, 2.45) is 0 Å². The predicted molar refractivity (Wildman–Crippen MR) is 86.8 cm³/mol. The molecule has 1 amide bonds. The maximum absolute atomic E-state index is 12.9. The highest BCUT2D eigenvalue weighted by Crippen LogP contribution is 2.39. The lowest BCUT2D eigenvalue weighted by Crippen LogP contribution is -2.41. The maximum atomic E-state index is 12.9. The van der Waals surface area contributed by atoms with Crippen molar-refractivity contribution in [2.45, 2.75) is 38.3 Å². The molecule has 23 heavy (non-hydrogen) atoms. The summed E-state index contributed by atoms with van der Waals surface area (Å²) in [7, 11) is 0. The van der Waals surface area contributed by atoms with Crippen LogP contribution in [0, 0.1) is 5.82 Å². The van der Waals surface area contributed by atoms with Crippen molar-refractivity contribution in [2.75, 3.05) is 0 Å². The summed E-state index contributed by atoms with van der Waals surface area (Å²) in [4.78, 5) is 12.3. The van der Waals surface area contributed by atoms with E-state index >= 15 is 0 Å². The number of carbonyl (C=O) groups excluding carboxylic acids is 1. The number of amides is 1. The van der Waals surface area contributed by atoms with Gasteiger partial charge in [0.15, 0.2) is 0 Å². The minimum absolute atomic E-state index is 0.0749. The van der Waals surface area contributed by atoms with Gasteiger partial charge in [-0.25, -0.2) is 4.39 Å². The average molecular weight is 313 g/mol. The van der Waals surface area contributed by atoms with E-state index in [1.54, 1.807) is 12.1 Å². The predicted octanol–water partition coefficient (Wildman–Crippen LogP) is 3.79. The first kappa shape index (κ1) is 15.5. The lowest BCUT2D eigenvalue weighted by atomic mass is 9.89. The fourth-order valence-electron chi connectivity index (χ4n) is 2.96. The molecular formula is C19H20FNO2. The number of benzene rings is 2. The van der Waals surface area contributed by atoms with Gasteiger partial charge < -0.3 is 10.1 Å². The summed E-state index contributed by atoms with van der Waals surface area (Å²) in [5, 5.41) is 3.08. The van der Waals surface area contributed by atoms with Crippen molar-refractivity contribution in [1.82, 2.24) is 5.32 Å². The van der Waals surface area contributed by atoms with Gasteiger partial charge in [-0.1, -0.05) is 30.3 Å². The molecule has 1 aliphatic rings. The van der Waals surface area contributed by atoms with Gasteiger partial charge in [0, 0.05) is 12.0 Å². The molecule has 0 aromatic heterocycles. The van der Waals surface area contributed by atoms with Crippen LogP contribution in [-0.2, 0) is 11.2 Å². The van der Waals surface area contributed by atoms with Crippen LogP contribution in [0.4, 0.5) is 4.39 Å². The summed E-state index contributed by atoms with van der Waals surface area (Å²) in [6.45, 7) is 4.03. The van der Waals surface area contributed by atoms with Gasteiger partial charge in [-0.05, 0) is 37.6 Å².